The summed E-state index contributed by atoms with van der Waals surface area (Å²) in [6.07, 6.45) is 0. The van der Waals surface area contributed by atoms with Crippen molar-refractivity contribution in [2.45, 2.75) is 13.0 Å². The summed E-state index contributed by atoms with van der Waals surface area (Å²) in [4.78, 5) is 31.9. The van der Waals surface area contributed by atoms with E-state index >= 15 is 0 Å². The molecule has 4 nitrogen and oxygen atoms in total. The minimum Gasteiger partial charge on any atom is -0.294 e. The van der Waals surface area contributed by atoms with Crippen LogP contribution in [0.3, 0.4) is 0 Å². The molecule has 0 spiro atoms. The second kappa shape index (κ2) is 5.89. The summed E-state index contributed by atoms with van der Waals surface area (Å²) in [6, 6.07) is 13.9. The van der Waals surface area contributed by atoms with Crippen LogP contribution >= 0.6 is 0 Å². The van der Waals surface area contributed by atoms with Crippen molar-refractivity contribution in [1.29, 1.82) is 0 Å². The van der Waals surface area contributed by atoms with Gasteiger partial charge in [0.15, 0.2) is 5.78 Å². The van der Waals surface area contributed by atoms with Crippen LogP contribution in [0, 0.1) is 6.92 Å². The Morgan fingerprint density at radius 1 is 0.957 bits per heavy atom. The van der Waals surface area contributed by atoms with E-state index in [0.717, 1.165) is 5.56 Å². The van der Waals surface area contributed by atoms with Gasteiger partial charge in [-0.05, 0) is 38.7 Å². The first-order valence-electron chi connectivity index (χ1n) is 7.48. The van der Waals surface area contributed by atoms with Gasteiger partial charge < -0.3 is 0 Å². The lowest BCUT2D eigenvalue weighted by Gasteiger charge is -2.29. The number of fused-ring (bicyclic) bond motifs is 1. The third-order valence-corrected chi connectivity index (χ3v) is 3.94. The van der Waals surface area contributed by atoms with Crippen LogP contribution in [0.4, 0.5) is 5.69 Å². The quantitative estimate of drug-likeness (QED) is 0.856. The molecule has 0 bridgehead atoms. The molecular formula is C19H18N2O2. The molecule has 1 aliphatic rings. The van der Waals surface area contributed by atoms with Crippen LogP contribution in [0.25, 0.3) is 0 Å². The maximum atomic E-state index is 12.9. The Balaban J connectivity index is 2.18. The Morgan fingerprint density at radius 2 is 1.65 bits per heavy atom. The van der Waals surface area contributed by atoms with Crippen molar-refractivity contribution >= 4 is 23.0 Å². The molecule has 1 unspecified atom stereocenters. The summed E-state index contributed by atoms with van der Waals surface area (Å²) in [5.74, 6) is -0.267. The second-order valence-electron chi connectivity index (χ2n) is 5.94. The maximum Gasteiger partial charge on any atom is 0.210 e. The van der Waals surface area contributed by atoms with E-state index in [1.54, 1.807) is 43.3 Å². The van der Waals surface area contributed by atoms with E-state index in [1.165, 1.54) is 0 Å². The summed E-state index contributed by atoms with van der Waals surface area (Å²) < 4.78 is 0. The lowest BCUT2D eigenvalue weighted by atomic mass is 9.84. The van der Waals surface area contributed by atoms with Crippen LogP contribution in [0.2, 0.25) is 0 Å². The fraction of sp³-hybridized carbons (Fsp3) is 0.211. The predicted molar refractivity (Wildman–Crippen MR) is 90.9 cm³/mol. The molecule has 1 aliphatic carbocycles. The summed E-state index contributed by atoms with van der Waals surface area (Å²) in [5, 5.41) is 0. The summed E-state index contributed by atoms with van der Waals surface area (Å²) in [5.41, 5.74) is 2.93. The van der Waals surface area contributed by atoms with E-state index in [9.17, 15) is 9.59 Å². The van der Waals surface area contributed by atoms with E-state index in [2.05, 4.69) is 4.99 Å². The molecule has 0 aromatic heterocycles. The summed E-state index contributed by atoms with van der Waals surface area (Å²) in [6.45, 7) is 1.97. The molecule has 0 saturated carbocycles. The topological polar surface area (TPSA) is 49.7 Å². The number of hydrogen-bond acceptors (Lipinski definition) is 4. The molecule has 0 aliphatic heterocycles. The first-order valence-corrected chi connectivity index (χ1v) is 7.48. The van der Waals surface area contributed by atoms with E-state index in [4.69, 9.17) is 0 Å². The molecule has 0 N–H and O–H groups in total. The van der Waals surface area contributed by atoms with Crippen molar-refractivity contribution in [1.82, 2.24) is 4.90 Å². The van der Waals surface area contributed by atoms with Gasteiger partial charge >= 0.3 is 0 Å². The van der Waals surface area contributed by atoms with Crippen molar-refractivity contribution in [3.63, 3.8) is 0 Å². The van der Waals surface area contributed by atoms with Gasteiger partial charge in [-0.1, -0.05) is 36.4 Å². The first-order chi connectivity index (χ1) is 11.0. The van der Waals surface area contributed by atoms with Gasteiger partial charge in [-0.2, -0.15) is 0 Å². The Morgan fingerprint density at radius 3 is 2.30 bits per heavy atom. The van der Waals surface area contributed by atoms with Crippen LogP contribution in [-0.2, 0) is 0 Å². The highest BCUT2D eigenvalue weighted by molar-refractivity contribution is 6.55. The zero-order valence-corrected chi connectivity index (χ0v) is 13.4. The number of aliphatic imine (C=N–C) groups is 1. The minimum atomic E-state index is -0.655. The number of carbonyl (C=O) groups is 2. The number of nitrogens with zero attached hydrogens (tertiary/aromatic N) is 2. The molecule has 0 heterocycles. The van der Waals surface area contributed by atoms with Crippen molar-refractivity contribution in [2.75, 3.05) is 14.1 Å². The van der Waals surface area contributed by atoms with Crippen molar-refractivity contribution in [3.8, 4) is 0 Å². The Labute approximate surface area is 135 Å². The molecular weight excluding hydrogens is 288 g/mol. The van der Waals surface area contributed by atoms with Crippen LogP contribution in [0.1, 0.15) is 26.3 Å². The number of rotatable bonds is 2. The fourth-order valence-electron chi connectivity index (χ4n) is 2.86. The molecule has 23 heavy (non-hydrogen) atoms. The van der Waals surface area contributed by atoms with Crippen molar-refractivity contribution in [3.05, 3.63) is 65.2 Å². The average molecular weight is 306 g/mol. The largest absolute Gasteiger partial charge is 0.294 e. The highest BCUT2D eigenvalue weighted by Crippen LogP contribution is 2.25. The van der Waals surface area contributed by atoms with Gasteiger partial charge in [0.1, 0.15) is 11.8 Å². The summed E-state index contributed by atoms with van der Waals surface area (Å²) in [7, 11) is 3.57. The first kappa shape index (κ1) is 15.3. The Hall–Kier alpha value is -2.59. The van der Waals surface area contributed by atoms with E-state index < -0.39 is 6.04 Å². The molecule has 0 radical (unpaired) electrons. The number of hydrogen-bond donors (Lipinski definition) is 0. The summed E-state index contributed by atoms with van der Waals surface area (Å²) >= 11 is 0. The van der Waals surface area contributed by atoms with Crippen LogP contribution in [0.15, 0.2) is 53.5 Å². The number of carbonyl (C=O) groups excluding carboxylic acids is 2. The minimum absolute atomic E-state index is 0.0865. The van der Waals surface area contributed by atoms with Gasteiger partial charge in [-0.3, -0.25) is 14.5 Å². The zero-order chi connectivity index (χ0) is 16.6. The molecule has 0 saturated heterocycles. The highest BCUT2D eigenvalue weighted by atomic mass is 16.1. The SMILES string of the molecule is Cc1cccc(N=C2C(=O)c3ccccc3C(=O)C2N(C)C)c1. The van der Waals surface area contributed by atoms with Crippen LogP contribution in [-0.4, -0.2) is 42.3 Å². The van der Waals surface area contributed by atoms with Gasteiger partial charge in [0.2, 0.25) is 5.78 Å². The van der Waals surface area contributed by atoms with E-state index in [0.29, 0.717) is 16.8 Å². The molecule has 4 heteroatoms. The third-order valence-electron chi connectivity index (χ3n) is 3.94. The van der Waals surface area contributed by atoms with Gasteiger partial charge in [-0.25, -0.2) is 4.99 Å². The number of ketones is 2. The molecule has 116 valence electrons. The number of likely N-dealkylation sites (N-methyl/N-ethyl adjacent to an activating group) is 1. The van der Waals surface area contributed by atoms with E-state index in [1.807, 2.05) is 31.2 Å². The number of aryl methyl sites for hydroxylation is 1. The van der Waals surface area contributed by atoms with Gasteiger partial charge in [0, 0.05) is 11.1 Å². The molecule has 2 aromatic rings. The van der Waals surface area contributed by atoms with E-state index in [-0.39, 0.29) is 17.3 Å². The third kappa shape index (κ3) is 2.73. The van der Waals surface area contributed by atoms with Gasteiger partial charge in [0.25, 0.3) is 0 Å². The molecule has 2 aromatic carbocycles. The lowest BCUT2D eigenvalue weighted by molar-refractivity contribution is 0.0890. The average Bonchev–Trinajstić information content (AvgIpc) is 2.52. The standard InChI is InChI=1S/C19H18N2O2/c1-12-7-6-8-13(11-12)20-16-17(21(2)3)19(23)15-10-5-4-9-14(15)18(16)22/h4-11,17H,1-3H3. The van der Waals surface area contributed by atoms with Crippen molar-refractivity contribution < 1.29 is 9.59 Å². The molecule has 3 rings (SSSR count). The lowest BCUT2D eigenvalue weighted by Crippen LogP contribution is -2.49. The van der Waals surface area contributed by atoms with Crippen LogP contribution < -0.4 is 0 Å². The Bertz CT molecular complexity index is 822. The highest BCUT2D eigenvalue weighted by Gasteiger charge is 2.39. The molecule has 1 atom stereocenters. The number of benzene rings is 2. The molecule has 0 fully saturated rings. The number of Topliss-reactive ketones (excluding diaryl/α,β-unsaturated/α-hetero) is 2. The predicted octanol–water partition coefficient (Wildman–Crippen LogP) is 3.08. The van der Waals surface area contributed by atoms with Gasteiger partial charge in [-0.15, -0.1) is 0 Å². The normalized spacial score (nSPS) is 19.3. The molecule has 0 amide bonds. The van der Waals surface area contributed by atoms with Gasteiger partial charge in [0.05, 0.1) is 5.69 Å². The van der Waals surface area contributed by atoms with Crippen molar-refractivity contribution in [2.24, 2.45) is 4.99 Å². The fourth-order valence-corrected chi connectivity index (χ4v) is 2.86. The zero-order valence-electron chi connectivity index (χ0n) is 13.4. The second-order valence-corrected chi connectivity index (χ2v) is 5.94. The Kier molecular flexibility index (Phi) is 3.92. The monoisotopic (exact) mass is 306 g/mol. The maximum absolute atomic E-state index is 12.9. The smallest absolute Gasteiger partial charge is 0.210 e. The van der Waals surface area contributed by atoms with Crippen LogP contribution in [0.5, 0.6) is 0 Å².